The lowest BCUT2D eigenvalue weighted by Crippen LogP contribution is -2.55. The molecule has 0 saturated heterocycles. The van der Waals surface area contributed by atoms with E-state index >= 15 is 0 Å². The van der Waals surface area contributed by atoms with E-state index in [4.69, 9.17) is 0 Å². The maximum atomic E-state index is 14.6. The second-order valence-corrected chi connectivity index (χ2v) is 10.7. The lowest BCUT2D eigenvalue weighted by molar-refractivity contribution is -0.777. The van der Waals surface area contributed by atoms with Crippen molar-refractivity contribution in [2.75, 3.05) is 0 Å². The van der Waals surface area contributed by atoms with Crippen LogP contribution < -0.4 is 5.26 Å². The van der Waals surface area contributed by atoms with Crippen LogP contribution in [0, 0.1) is 41.0 Å². The average molecular weight is 427 g/mol. The standard InChI is InChI=1S/C16H16F4O5S2/c17-10-12(19)15(13(20)11(18)14(10)26-25-24-21)27(22,23)16-4-7-1-8(5-16)3-9(2-7)6-16/h7-9,21H,1-6H2/p-1. The molecule has 1 aromatic rings. The Labute approximate surface area is 157 Å². The monoisotopic (exact) mass is 427 g/mol. The molecule has 0 amide bonds. The zero-order chi connectivity index (χ0) is 19.6. The van der Waals surface area contributed by atoms with Gasteiger partial charge in [-0.2, -0.15) is 4.33 Å². The van der Waals surface area contributed by atoms with Crippen LogP contribution in [0.1, 0.15) is 38.5 Å². The van der Waals surface area contributed by atoms with E-state index < -0.39 is 47.6 Å². The summed E-state index contributed by atoms with van der Waals surface area (Å²) >= 11 is -0.379. The van der Waals surface area contributed by atoms with Gasteiger partial charge in [-0.05, 0) is 56.3 Å². The van der Waals surface area contributed by atoms with Gasteiger partial charge in [-0.1, -0.05) is 0 Å². The fourth-order valence-corrected chi connectivity index (χ4v) is 8.40. The van der Waals surface area contributed by atoms with E-state index in [0.717, 1.165) is 19.3 Å². The maximum absolute atomic E-state index is 14.6. The van der Waals surface area contributed by atoms with Gasteiger partial charge in [0.25, 0.3) is 0 Å². The molecule has 27 heavy (non-hydrogen) atoms. The molecule has 0 spiro atoms. The molecule has 0 N–H and O–H groups in total. The molecule has 5 rings (SSSR count). The summed E-state index contributed by atoms with van der Waals surface area (Å²) in [6.07, 6.45) is 3.37. The number of sulfone groups is 1. The molecule has 150 valence electrons. The largest absolute Gasteiger partial charge is 0.691 e. The van der Waals surface area contributed by atoms with Crippen molar-refractivity contribution in [1.29, 1.82) is 0 Å². The Morgan fingerprint density at radius 3 is 1.74 bits per heavy atom. The Hall–Kier alpha value is -0.880. The van der Waals surface area contributed by atoms with Crippen LogP contribution in [0.5, 0.6) is 0 Å². The van der Waals surface area contributed by atoms with Crippen LogP contribution in [0.3, 0.4) is 0 Å². The molecule has 4 bridgehead atoms. The summed E-state index contributed by atoms with van der Waals surface area (Å²) in [7, 11) is -4.67. The van der Waals surface area contributed by atoms with E-state index in [-0.39, 0.29) is 49.1 Å². The summed E-state index contributed by atoms with van der Waals surface area (Å²) in [5, 5.41) is 12.7. The fraction of sp³-hybridized carbons (Fsp3) is 0.625. The molecule has 0 aliphatic heterocycles. The molecule has 11 heteroatoms. The molecule has 4 aliphatic rings. The highest BCUT2D eigenvalue weighted by Gasteiger charge is 2.59. The third kappa shape index (κ3) is 2.81. The van der Waals surface area contributed by atoms with Gasteiger partial charge in [0.2, 0.25) is 0 Å². The number of halogens is 4. The third-order valence-corrected chi connectivity index (χ3v) is 9.33. The van der Waals surface area contributed by atoms with E-state index in [1.807, 2.05) is 0 Å². The Bertz CT molecular complexity index is 825. The molecule has 0 aromatic heterocycles. The van der Waals surface area contributed by atoms with Crippen molar-refractivity contribution < 1.29 is 40.6 Å². The molecule has 4 saturated carbocycles. The molecule has 4 fully saturated rings. The van der Waals surface area contributed by atoms with Crippen LogP contribution in [0.4, 0.5) is 17.6 Å². The molecule has 1 aromatic carbocycles. The number of hydrogen-bond acceptors (Lipinski definition) is 6. The van der Waals surface area contributed by atoms with E-state index in [0.29, 0.717) is 0 Å². The maximum Gasteiger partial charge on any atom is 0.190 e. The second kappa shape index (κ2) is 6.58. The summed E-state index contributed by atoms with van der Waals surface area (Å²) in [6, 6.07) is 0. The van der Waals surface area contributed by atoms with Crippen LogP contribution in [0.15, 0.2) is 9.79 Å². The highest BCUT2D eigenvalue weighted by molar-refractivity contribution is 7.94. The molecule has 0 radical (unpaired) electrons. The molecular formula is C16H15F4O5S2-. The molecule has 0 heterocycles. The highest BCUT2D eigenvalue weighted by atomic mass is 32.2. The minimum Gasteiger partial charge on any atom is -0.691 e. The topological polar surface area (TPSA) is 75.7 Å². The number of benzene rings is 1. The van der Waals surface area contributed by atoms with Crippen molar-refractivity contribution in [3.05, 3.63) is 23.3 Å². The molecule has 0 atom stereocenters. The van der Waals surface area contributed by atoms with Gasteiger partial charge in [0.15, 0.2) is 33.1 Å². The predicted molar refractivity (Wildman–Crippen MR) is 82.4 cm³/mol. The van der Waals surface area contributed by atoms with Gasteiger partial charge in [-0.3, -0.25) is 5.04 Å². The van der Waals surface area contributed by atoms with E-state index in [9.17, 15) is 31.2 Å². The van der Waals surface area contributed by atoms with Crippen LogP contribution >= 0.6 is 12.0 Å². The SMILES string of the molecule is O=S(=O)(c1c(F)c(F)c(SOO[O-])c(F)c1F)C12CC3CC(CC(C3)C1)C2. The molecule has 4 aliphatic carbocycles. The van der Waals surface area contributed by atoms with Crippen LogP contribution in [0.25, 0.3) is 0 Å². The summed E-state index contributed by atoms with van der Waals surface area (Å²) in [4.78, 5) is -2.91. The summed E-state index contributed by atoms with van der Waals surface area (Å²) < 4.78 is 86.4. The quantitative estimate of drug-likeness (QED) is 0.236. The zero-order valence-electron chi connectivity index (χ0n) is 13.8. The van der Waals surface area contributed by atoms with Gasteiger partial charge in [0.05, 0.1) is 16.8 Å². The Kier molecular flexibility index (Phi) is 4.74. The average Bonchev–Trinajstić information content (AvgIpc) is 2.59. The van der Waals surface area contributed by atoms with Crippen molar-refractivity contribution >= 4 is 21.9 Å². The first-order valence-corrected chi connectivity index (χ1v) is 10.7. The Balaban J connectivity index is 1.83. The third-order valence-electron chi connectivity index (χ3n) is 6.15. The van der Waals surface area contributed by atoms with Gasteiger partial charge in [0, 0.05) is 0 Å². The smallest absolute Gasteiger partial charge is 0.190 e. The first kappa shape index (κ1) is 19.4. The van der Waals surface area contributed by atoms with Gasteiger partial charge in [-0.25, -0.2) is 26.0 Å². The van der Waals surface area contributed by atoms with Gasteiger partial charge in [0.1, 0.15) is 9.79 Å². The minimum atomic E-state index is -4.67. The molecule has 5 nitrogen and oxygen atoms in total. The van der Waals surface area contributed by atoms with E-state index in [1.54, 1.807) is 0 Å². The van der Waals surface area contributed by atoms with Crippen molar-refractivity contribution in [2.45, 2.75) is 53.1 Å². The number of rotatable bonds is 5. The van der Waals surface area contributed by atoms with E-state index in [1.165, 1.54) is 0 Å². The summed E-state index contributed by atoms with van der Waals surface area (Å²) in [5.41, 5.74) is 0. The Morgan fingerprint density at radius 2 is 1.33 bits per heavy atom. The highest BCUT2D eigenvalue weighted by Crippen LogP contribution is 2.60. The molecule has 0 unspecified atom stereocenters. The van der Waals surface area contributed by atoms with Crippen molar-refractivity contribution in [3.8, 4) is 0 Å². The van der Waals surface area contributed by atoms with Crippen LogP contribution in [0.2, 0.25) is 0 Å². The van der Waals surface area contributed by atoms with Gasteiger partial charge in [-0.15, -0.1) is 0 Å². The van der Waals surface area contributed by atoms with Crippen LogP contribution in [-0.2, 0) is 19.2 Å². The first-order valence-electron chi connectivity index (χ1n) is 8.44. The van der Waals surface area contributed by atoms with Crippen molar-refractivity contribution in [1.82, 2.24) is 0 Å². The lowest BCUT2D eigenvalue weighted by atomic mass is 9.56. The normalized spacial score (nSPS) is 32.3. The van der Waals surface area contributed by atoms with E-state index in [2.05, 4.69) is 9.37 Å². The summed E-state index contributed by atoms with van der Waals surface area (Å²) in [5.74, 6) is -7.49. The fourth-order valence-electron chi connectivity index (χ4n) is 5.53. The van der Waals surface area contributed by atoms with Crippen molar-refractivity contribution in [2.24, 2.45) is 17.8 Å². The predicted octanol–water partition coefficient (Wildman–Crippen LogP) is 3.22. The molecular weight excluding hydrogens is 412 g/mol. The van der Waals surface area contributed by atoms with Crippen LogP contribution in [-0.4, -0.2) is 13.2 Å². The minimum absolute atomic E-state index is 0.143. The second-order valence-electron chi connectivity index (χ2n) is 7.74. The Morgan fingerprint density at radius 1 is 0.889 bits per heavy atom. The lowest BCUT2D eigenvalue weighted by Gasteiger charge is -2.55. The zero-order valence-corrected chi connectivity index (χ0v) is 15.5. The first-order chi connectivity index (χ1) is 12.7. The van der Waals surface area contributed by atoms with Crippen molar-refractivity contribution in [3.63, 3.8) is 0 Å². The van der Waals surface area contributed by atoms with Gasteiger partial charge >= 0.3 is 0 Å². The van der Waals surface area contributed by atoms with Gasteiger partial charge < -0.3 is 5.26 Å². The number of hydrogen-bond donors (Lipinski definition) is 0. The summed E-state index contributed by atoms with van der Waals surface area (Å²) in [6.45, 7) is 0.